The smallest absolute Gasteiger partial charge is 0.262 e. The lowest BCUT2D eigenvalue weighted by atomic mass is 9.90. The van der Waals surface area contributed by atoms with E-state index in [-0.39, 0.29) is 11.1 Å². The lowest BCUT2D eigenvalue weighted by molar-refractivity contribution is -0.0357. The van der Waals surface area contributed by atoms with Gasteiger partial charge in [0.2, 0.25) is 0 Å². The number of imidazole rings is 1. The highest BCUT2D eigenvalue weighted by atomic mass is 32.2. The van der Waals surface area contributed by atoms with Gasteiger partial charge in [-0.3, -0.25) is 0 Å². The Labute approximate surface area is 143 Å². The summed E-state index contributed by atoms with van der Waals surface area (Å²) in [7, 11) is -1.79. The summed E-state index contributed by atoms with van der Waals surface area (Å²) in [5.41, 5.74) is -0.395. The second-order valence-electron chi connectivity index (χ2n) is 7.42. The number of hydrogen-bond acceptors (Lipinski definition) is 5. The van der Waals surface area contributed by atoms with Crippen molar-refractivity contribution < 1.29 is 17.9 Å². The average Bonchev–Trinajstić information content (AvgIpc) is 3.16. The molecule has 1 aromatic heterocycles. The van der Waals surface area contributed by atoms with Gasteiger partial charge in [-0.05, 0) is 31.6 Å². The number of sulfonamides is 1. The Bertz CT molecular complexity index is 700. The highest BCUT2D eigenvalue weighted by Crippen LogP contribution is 2.38. The van der Waals surface area contributed by atoms with Gasteiger partial charge in [-0.1, -0.05) is 0 Å². The van der Waals surface area contributed by atoms with Crippen molar-refractivity contribution in [2.45, 2.75) is 48.8 Å². The third kappa shape index (κ3) is 3.24. The van der Waals surface area contributed by atoms with Crippen LogP contribution in [0.2, 0.25) is 0 Å². The number of rotatable bonds is 5. The highest BCUT2D eigenvalue weighted by molar-refractivity contribution is 7.89. The van der Waals surface area contributed by atoms with Crippen molar-refractivity contribution in [1.29, 1.82) is 0 Å². The Hall–Kier alpha value is -0.960. The van der Waals surface area contributed by atoms with E-state index in [9.17, 15) is 8.42 Å². The zero-order valence-electron chi connectivity index (χ0n) is 14.1. The zero-order valence-corrected chi connectivity index (χ0v) is 14.9. The molecule has 8 heteroatoms. The third-order valence-electron chi connectivity index (χ3n) is 5.23. The third-order valence-corrected chi connectivity index (χ3v) is 6.96. The summed E-state index contributed by atoms with van der Waals surface area (Å²) >= 11 is 0. The van der Waals surface area contributed by atoms with Gasteiger partial charge in [0.15, 0.2) is 5.03 Å². The minimum Gasteiger partial charge on any atom is -0.375 e. The minimum atomic E-state index is -3.56. The van der Waals surface area contributed by atoms with Crippen LogP contribution in [0, 0.1) is 5.92 Å². The van der Waals surface area contributed by atoms with Crippen LogP contribution in [0.15, 0.2) is 17.6 Å². The van der Waals surface area contributed by atoms with Crippen LogP contribution in [-0.4, -0.2) is 60.3 Å². The summed E-state index contributed by atoms with van der Waals surface area (Å²) in [5, 5.41) is 0.113. The van der Waals surface area contributed by atoms with Crippen molar-refractivity contribution in [1.82, 2.24) is 13.9 Å². The fourth-order valence-corrected chi connectivity index (χ4v) is 5.19. The molecule has 4 rings (SSSR count). The Morgan fingerprint density at radius 2 is 2.29 bits per heavy atom. The Balaban J connectivity index is 1.43. The molecule has 0 aromatic carbocycles. The molecule has 3 fully saturated rings. The number of ether oxygens (including phenoxy) is 2. The van der Waals surface area contributed by atoms with Crippen LogP contribution in [-0.2, 0) is 26.5 Å². The molecule has 1 saturated carbocycles. The lowest BCUT2D eigenvalue weighted by Crippen LogP contribution is -2.50. The molecule has 3 heterocycles. The maximum atomic E-state index is 12.8. The summed E-state index contributed by atoms with van der Waals surface area (Å²) in [6.07, 6.45) is 8.19. The minimum absolute atomic E-state index is 0.100. The summed E-state index contributed by atoms with van der Waals surface area (Å²) in [6, 6.07) is 0. The predicted octanol–water partition coefficient (Wildman–Crippen LogP) is 1.16. The number of piperidine rings is 1. The quantitative estimate of drug-likeness (QED) is 0.792. The predicted molar refractivity (Wildman–Crippen MR) is 87.0 cm³/mol. The number of aromatic nitrogens is 2. The van der Waals surface area contributed by atoms with Gasteiger partial charge in [-0.15, -0.1) is 0 Å². The van der Waals surface area contributed by atoms with E-state index in [2.05, 4.69) is 4.98 Å². The average molecular weight is 355 g/mol. The van der Waals surface area contributed by atoms with Crippen LogP contribution in [0.25, 0.3) is 0 Å². The second-order valence-corrected chi connectivity index (χ2v) is 9.30. The van der Waals surface area contributed by atoms with Crippen LogP contribution >= 0.6 is 0 Å². The topological polar surface area (TPSA) is 73.7 Å². The van der Waals surface area contributed by atoms with E-state index in [4.69, 9.17) is 9.47 Å². The number of hydrogen-bond donors (Lipinski definition) is 0. The first-order valence-corrected chi connectivity index (χ1v) is 10.1. The SMILES string of the molecule is Cn1cnc(S(=O)(=O)N2CCC[C@@]3(C[C@H](OCC4CC4)CO3)C2)c1. The number of aryl methyl sites for hydroxylation is 1. The summed E-state index contributed by atoms with van der Waals surface area (Å²) in [6.45, 7) is 2.32. The van der Waals surface area contributed by atoms with Crippen LogP contribution in [0.5, 0.6) is 0 Å². The fraction of sp³-hybridized carbons (Fsp3) is 0.812. The molecule has 0 bridgehead atoms. The molecule has 0 radical (unpaired) electrons. The first kappa shape index (κ1) is 16.5. The standard InChI is InChI=1S/C16H25N3O4S/c1-18-8-15(17-12-18)24(20,21)19-6-2-5-16(11-19)7-14(10-23-16)22-9-13-3-4-13/h8,12-14H,2-7,9-11H2,1H3/t14-,16+/m0/s1. The van der Waals surface area contributed by atoms with Gasteiger partial charge in [-0.25, -0.2) is 13.4 Å². The van der Waals surface area contributed by atoms with Crippen molar-refractivity contribution in [3.05, 3.63) is 12.5 Å². The molecule has 134 valence electrons. The second kappa shape index (κ2) is 6.09. The van der Waals surface area contributed by atoms with Crippen molar-refractivity contribution in [3.8, 4) is 0 Å². The Morgan fingerprint density at radius 1 is 1.46 bits per heavy atom. The molecule has 0 N–H and O–H groups in total. The fourth-order valence-electron chi connectivity index (χ4n) is 3.67. The largest absolute Gasteiger partial charge is 0.375 e. The summed E-state index contributed by atoms with van der Waals surface area (Å²) < 4.78 is 40.8. The molecule has 0 unspecified atom stereocenters. The molecule has 1 spiro atoms. The van der Waals surface area contributed by atoms with E-state index in [1.54, 1.807) is 17.8 Å². The summed E-state index contributed by atoms with van der Waals surface area (Å²) in [4.78, 5) is 4.02. The molecule has 3 aliphatic rings. The monoisotopic (exact) mass is 355 g/mol. The van der Waals surface area contributed by atoms with Gasteiger partial charge in [0.1, 0.15) is 0 Å². The van der Waals surface area contributed by atoms with Crippen LogP contribution in [0.3, 0.4) is 0 Å². The van der Waals surface area contributed by atoms with E-state index in [0.29, 0.717) is 19.7 Å². The van der Waals surface area contributed by atoms with Crippen molar-refractivity contribution in [2.75, 3.05) is 26.3 Å². The van der Waals surface area contributed by atoms with Crippen molar-refractivity contribution in [3.63, 3.8) is 0 Å². The molecule has 0 amide bonds. The van der Waals surface area contributed by atoms with Gasteiger partial charge in [-0.2, -0.15) is 4.31 Å². The summed E-state index contributed by atoms with van der Waals surface area (Å²) in [5.74, 6) is 0.730. The highest BCUT2D eigenvalue weighted by Gasteiger charge is 2.47. The molecule has 7 nitrogen and oxygen atoms in total. The van der Waals surface area contributed by atoms with Crippen LogP contribution < -0.4 is 0 Å². The van der Waals surface area contributed by atoms with E-state index in [1.807, 2.05) is 0 Å². The Morgan fingerprint density at radius 3 is 3.00 bits per heavy atom. The van der Waals surface area contributed by atoms with E-state index in [0.717, 1.165) is 31.8 Å². The molecule has 2 aliphatic heterocycles. The molecule has 2 saturated heterocycles. The normalized spacial score (nSPS) is 31.8. The van der Waals surface area contributed by atoms with Gasteiger partial charge >= 0.3 is 0 Å². The first-order valence-electron chi connectivity index (χ1n) is 8.71. The van der Waals surface area contributed by atoms with Gasteiger partial charge < -0.3 is 14.0 Å². The Kier molecular flexibility index (Phi) is 4.19. The lowest BCUT2D eigenvalue weighted by Gasteiger charge is -2.38. The number of nitrogens with zero attached hydrogens (tertiary/aromatic N) is 3. The first-order chi connectivity index (χ1) is 11.5. The molecule has 2 atom stereocenters. The molecule has 1 aromatic rings. The van der Waals surface area contributed by atoms with E-state index >= 15 is 0 Å². The molecule has 24 heavy (non-hydrogen) atoms. The van der Waals surface area contributed by atoms with E-state index in [1.165, 1.54) is 23.5 Å². The van der Waals surface area contributed by atoms with E-state index < -0.39 is 15.6 Å². The molecule has 1 aliphatic carbocycles. The molecular weight excluding hydrogens is 330 g/mol. The van der Waals surface area contributed by atoms with Crippen molar-refractivity contribution >= 4 is 10.0 Å². The molecular formula is C16H25N3O4S. The van der Waals surface area contributed by atoms with Crippen molar-refractivity contribution in [2.24, 2.45) is 13.0 Å². The van der Waals surface area contributed by atoms with Gasteiger partial charge in [0.05, 0.1) is 24.6 Å². The van der Waals surface area contributed by atoms with Crippen LogP contribution in [0.4, 0.5) is 0 Å². The van der Waals surface area contributed by atoms with Gasteiger partial charge in [0, 0.05) is 39.4 Å². The van der Waals surface area contributed by atoms with Crippen LogP contribution in [0.1, 0.15) is 32.1 Å². The maximum absolute atomic E-state index is 12.8. The maximum Gasteiger partial charge on any atom is 0.262 e. The van der Waals surface area contributed by atoms with Gasteiger partial charge in [0.25, 0.3) is 10.0 Å². The zero-order chi connectivity index (χ0) is 16.8.